The SMILES string of the molecule is CCC(C)Nc1ccc(-n2cccn2)nc1. The van der Waals surface area contributed by atoms with Gasteiger partial charge in [0.15, 0.2) is 5.82 Å². The van der Waals surface area contributed by atoms with Crippen LogP contribution in [0, 0.1) is 0 Å². The van der Waals surface area contributed by atoms with E-state index in [0.717, 1.165) is 17.9 Å². The lowest BCUT2D eigenvalue weighted by Crippen LogP contribution is -2.13. The fourth-order valence-corrected chi connectivity index (χ4v) is 1.40. The molecule has 0 fully saturated rings. The van der Waals surface area contributed by atoms with Crippen LogP contribution in [0.15, 0.2) is 36.8 Å². The number of nitrogens with one attached hydrogen (secondary N) is 1. The van der Waals surface area contributed by atoms with Gasteiger partial charge in [-0.1, -0.05) is 6.92 Å². The molecular formula is C12H16N4. The van der Waals surface area contributed by atoms with Crippen LogP contribution in [0.3, 0.4) is 0 Å². The van der Waals surface area contributed by atoms with Gasteiger partial charge >= 0.3 is 0 Å². The van der Waals surface area contributed by atoms with E-state index < -0.39 is 0 Å². The van der Waals surface area contributed by atoms with Gasteiger partial charge in [-0.25, -0.2) is 9.67 Å². The van der Waals surface area contributed by atoms with Crippen molar-refractivity contribution in [1.29, 1.82) is 0 Å². The summed E-state index contributed by atoms with van der Waals surface area (Å²) in [6.07, 6.45) is 6.56. The van der Waals surface area contributed by atoms with E-state index in [1.807, 2.05) is 30.6 Å². The Morgan fingerprint density at radius 1 is 1.44 bits per heavy atom. The maximum Gasteiger partial charge on any atom is 0.153 e. The van der Waals surface area contributed by atoms with Gasteiger partial charge in [0, 0.05) is 18.4 Å². The molecule has 4 nitrogen and oxygen atoms in total. The highest BCUT2D eigenvalue weighted by molar-refractivity contribution is 5.44. The number of pyridine rings is 1. The average molecular weight is 216 g/mol. The fraction of sp³-hybridized carbons (Fsp3) is 0.333. The molecule has 84 valence electrons. The van der Waals surface area contributed by atoms with E-state index in [4.69, 9.17) is 0 Å². The summed E-state index contributed by atoms with van der Waals surface area (Å²) < 4.78 is 1.74. The Bertz CT molecular complexity index is 419. The molecule has 0 radical (unpaired) electrons. The standard InChI is InChI=1S/C12H16N4/c1-3-10(2)15-11-5-6-12(13-9-11)16-8-4-7-14-16/h4-10,15H,3H2,1-2H3. The van der Waals surface area contributed by atoms with E-state index in [-0.39, 0.29) is 0 Å². The first-order chi connectivity index (χ1) is 7.79. The van der Waals surface area contributed by atoms with Crippen LogP contribution >= 0.6 is 0 Å². The van der Waals surface area contributed by atoms with Gasteiger partial charge in [0.2, 0.25) is 0 Å². The van der Waals surface area contributed by atoms with E-state index >= 15 is 0 Å². The second-order valence-corrected chi connectivity index (χ2v) is 3.81. The Labute approximate surface area is 95.3 Å². The largest absolute Gasteiger partial charge is 0.381 e. The number of anilines is 1. The highest BCUT2D eigenvalue weighted by Crippen LogP contribution is 2.10. The van der Waals surface area contributed by atoms with Crippen LogP contribution < -0.4 is 5.32 Å². The molecule has 1 atom stereocenters. The first-order valence-electron chi connectivity index (χ1n) is 5.52. The molecule has 1 unspecified atom stereocenters. The molecule has 2 aromatic heterocycles. The number of nitrogens with zero attached hydrogens (tertiary/aromatic N) is 3. The zero-order valence-corrected chi connectivity index (χ0v) is 9.59. The summed E-state index contributed by atoms with van der Waals surface area (Å²) in [5.74, 6) is 0.833. The maximum absolute atomic E-state index is 4.35. The van der Waals surface area contributed by atoms with Crippen molar-refractivity contribution in [3.8, 4) is 5.82 Å². The van der Waals surface area contributed by atoms with Crippen LogP contribution in [-0.4, -0.2) is 20.8 Å². The summed E-state index contributed by atoms with van der Waals surface area (Å²) in [7, 11) is 0. The Kier molecular flexibility index (Phi) is 3.19. The molecule has 0 aromatic carbocycles. The van der Waals surface area contributed by atoms with Crippen LogP contribution in [-0.2, 0) is 0 Å². The van der Waals surface area contributed by atoms with Gasteiger partial charge in [0.1, 0.15) is 0 Å². The topological polar surface area (TPSA) is 42.7 Å². The zero-order chi connectivity index (χ0) is 11.4. The van der Waals surface area contributed by atoms with Crippen LogP contribution in [0.1, 0.15) is 20.3 Å². The first kappa shape index (κ1) is 10.7. The van der Waals surface area contributed by atoms with E-state index in [2.05, 4.69) is 29.2 Å². The van der Waals surface area contributed by atoms with E-state index in [0.29, 0.717) is 6.04 Å². The summed E-state index contributed by atoms with van der Waals surface area (Å²) in [4.78, 5) is 4.35. The molecule has 4 heteroatoms. The predicted octanol–water partition coefficient (Wildman–Crippen LogP) is 2.48. The van der Waals surface area contributed by atoms with Crippen molar-refractivity contribution in [3.05, 3.63) is 36.8 Å². The smallest absolute Gasteiger partial charge is 0.153 e. The third-order valence-electron chi connectivity index (χ3n) is 2.51. The van der Waals surface area contributed by atoms with Gasteiger partial charge < -0.3 is 5.32 Å². The van der Waals surface area contributed by atoms with Crippen LogP contribution in [0.4, 0.5) is 5.69 Å². The molecule has 0 bridgehead atoms. The van der Waals surface area contributed by atoms with Gasteiger partial charge in [0.25, 0.3) is 0 Å². The molecule has 0 spiro atoms. The van der Waals surface area contributed by atoms with Crippen LogP contribution in [0.25, 0.3) is 5.82 Å². The lowest BCUT2D eigenvalue weighted by Gasteiger charge is -2.12. The van der Waals surface area contributed by atoms with Crippen molar-refractivity contribution in [2.45, 2.75) is 26.3 Å². The molecule has 2 aromatic rings. The fourth-order valence-electron chi connectivity index (χ4n) is 1.40. The molecule has 2 rings (SSSR count). The summed E-state index contributed by atoms with van der Waals surface area (Å²) >= 11 is 0. The van der Waals surface area contributed by atoms with Gasteiger partial charge in [-0.05, 0) is 31.5 Å². The van der Waals surface area contributed by atoms with Crippen molar-refractivity contribution < 1.29 is 0 Å². The number of hydrogen-bond acceptors (Lipinski definition) is 3. The first-order valence-corrected chi connectivity index (χ1v) is 5.52. The minimum Gasteiger partial charge on any atom is -0.381 e. The number of aromatic nitrogens is 3. The minimum atomic E-state index is 0.470. The molecule has 0 saturated carbocycles. The molecule has 0 aliphatic carbocycles. The zero-order valence-electron chi connectivity index (χ0n) is 9.59. The molecule has 0 amide bonds. The van der Waals surface area contributed by atoms with Crippen molar-refractivity contribution in [2.24, 2.45) is 0 Å². The van der Waals surface area contributed by atoms with Crippen molar-refractivity contribution in [1.82, 2.24) is 14.8 Å². The molecule has 0 aliphatic rings. The monoisotopic (exact) mass is 216 g/mol. The van der Waals surface area contributed by atoms with E-state index in [9.17, 15) is 0 Å². The van der Waals surface area contributed by atoms with E-state index in [1.165, 1.54) is 0 Å². The van der Waals surface area contributed by atoms with Gasteiger partial charge in [-0.15, -0.1) is 0 Å². The summed E-state index contributed by atoms with van der Waals surface area (Å²) in [5.41, 5.74) is 1.05. The maximum atomic E-state index is 4.35. The normalized spacial score (nSPS) is 12.4. The van der Waals surface area contributed by atoms with Gasteiger partial charge in [0.05, 0.1) is 11.9 Å². The number of hydrogen-bond donors (Lipinski definition) is 1. The Morgan fingerprint density at radius 2 is 2.31 bits per heavy atom. The molecule has 1 N–H and O–H groups in total. The summed E-state index contributed by atoms with van der Waals surface area (Å²) in [6, 6.07) is 6.33. The highest BCUT2D eigenvalue weighted by Gasteiger charge is 2.00. The summed E-state index contributed by atoms with van der Waals surface area (Å²) in [6.45, 7) is 4.31. The van der Waals surface area contributed by atoms with Crippen LogP contribution in [0.5, 0.6) is 0 Å². The Balaban J connectivity index is 2.11. The minimum absolute atomic E-state index is 0.470. The average Bonchev–Trinajstić information content (AvgIpc) is 2.83. The molecular weight excluding hydrogens is 200 g/mol. The quantitative estimate of drug-likeness (QED) is 0.853. The summed E-state index contributed by atoms with van der Waals surface area (Å²) in [5, 5.41) is 7.50. The Hall–Kier alpha value is -1.84. The molecule has 16 heavy (non-hydrogen) atoms. The second kappa shape index (κ2) is 4.79. The molecule has 0 aliphatic heterocycles. The van der Waals surface area contributed by atoms with Crippen molar-refractivity contribution >= 4 is 5.69 Å². The Morgan fingerprint density at radius 3 is 2.88 bits per heavy atom. The predicted molar refractivity (Wildman–Crippen MR) is 64.7 cm³/mol. The second-order valence-electron chi connectivity index (χ2n) is 3.81. The van der Waals surface area contributed by atoms with Crippen molar-refractivity contribution in [2.75, 3.05) is 5.32 Å². The lowest BCUT2D eigenvalue weighted by molar-refractivity contribution is 0.762. The molecule has 0 saturated heterocycles. The van der Waals surface area contributed by atoms with Crippen LogP contribution in [0.2, 0.25) is 0 Å². The van der Waals surface area contributed by atoms with Crippen molar-refractivity contribution in [3.63, 3.8) is 0 Å². The highest BCUT2D eigenvalue weighted by atomic mass is 15.3. The third-order valence-corrected chi connectivity index (χ3v) is 2.51. The number of rotatable bonds is 4. The molecule has 2 heterocycles. The van der Waals surface area contributed by atoms with Gasteiger partial charge in [-0.3, -0.25) is 0 Å². The lowest BCUT2D eigenvalue weighted by atomic mass is 10.2. The van der Waals surface area contributed by atoms with E-state index in [1.54, 1.807) is 10.9 Å². The third kappa shape index (κ3) is 2.39. The van der Waals surface area contributed by atoms with Gasteiger partial charge in [-0.2, -0.15) is 5.10 Å².